The second-order valence-electron chi connectivity index (χ2n) is 4.81. The summed E-state index contributed by atoms with van der Waals surface area (Å²) in [5.74, 6) is 0.438. The van der Waals surface area contributed by atoms with Gasteiger partial charge in [-0.15, -0.1) is 0 Å². The van der Waals surface area contributed by atoms with Crippen molar-refractivity contribution in [2.75, 3.05) is 26.7 Å². The van der Waals surface area contributed by atoms with E-state index in [2.05, 4.69) is 26.6 Å². The lowest BCUT2D eigenvalue weighted by Gasteiger charge is -2.23. The third kappa shape index (κ3) is 6.44. The highest BCUT2D eigenvalue weighted by atomic mass is 79.9. The quantitative estimate of drug-likeness (QED) is 0.768. The number of likely N-dealkylation sites (N-methyl/N-ethyl adjacent to an activating group) is 1. The van der Waals surface area contributed by atoms with E-state index >= 15 is 0 Å². The third-order valence-corrected chi connectivity index (χ3v) is 3.67. The van der Waals surface area contributed by atoms with Crippen molar-refractivity contribution < 1.29 is 14.3 Å². The summed E-state index contributed by atoms with van der Waals surface area (Å²) in [4.78, 5) is 25.0. The smallest absolute Gasteiger partial charge is 0.321 e. The van der Waals surface area contributed by atoms with Crippen molar-refractivity contribution in [1.29, 1.82) is 0 Å². The number of amides is 3. The van der Waals surface area contributed by atoms with E-state index in [0.717, 1.165) is 10.2 Å². The minimum absolute atomic E-state index is 0.336. The van der Waals surface area contributed by atoms with Crippen LogP contribution in [0.25, 0.3) is 0 Å². The Labute approximate surface area is 139 Å². The molecule has 6 nitrogen and oxygen atoms in total. The number of carbonyl (C=O) groups excluding carboxylic acids is 2. The Morgan fingerprint density at radius 2 is 1.95 bits per heavy atom. The number of nitrogens with one attached hydrogen (secondary N) is 2. The van der Waals surface area contributed by atoms with Crippen molar-refractivity contribution in [1.82, 2.24) is 15.5 Å². The van der Waals surface area contributed by atoms with E-state index < -0.39 is 12.1 Å². The van der Waals surface area contributed by atoms with E-state index in [1.165, 1.54) is 0 Å². The molecule has 2 N–H and O–H groups in total. The molecule has 0 unspecified atom stereocenters. The van der Waals surface area contributed by atoms with Gasteiger partial charge in [-0.05, 0) is 45.2 Å². The van der Waals surface area contributed by atoms with Crippen molar-refractivity contribution in [2.24, 2.45) is 0 Å². The Bertz CT molecular complexity index is 493. The summed E-state index contributed by atoms with van der Waals surface area (Å²) in [6.45, 7) is 5.04. The number of halogens is 1. The molecule has 0 saturated carbocycles. The predicted molar refractivity (Wildman–Crippen MR) is 88.9 cm³/mol. The first kappa shape index (κ1) is 18.4. The van der Waals surface area contributed by atoms with Crippen LogP contribution in [-0.4, -0.2) is 49.6 Å². The summed E-state index contributed by atoms with van der Waals surface area (Å²) in [5, 5.41) is 4.82. The second kappa shape index (κ2) is 9.42. The molecule has 1 aromatic carbocycles. The van der Waals surface area contributed by atoms with Crippen molar-refractivity contribution >= 4 is 27.9 Å². The molecule has 22 heavy (non-hydrogen) atoms. The van der Waals surface area contributed by atoms with Crippen LogP contribution in [0.4, 0.5) is 4.79 Å². The number of urea groups is 1. The van der Waals surface area contributed by atoms with E-state index in [1.807, 2.05) is 36.2 Å². The number of hydrogen-bond donors (Lipinski definition) is 2. The normalized spacial score (nSPS) is 11.9. The molecular formula is C15H22BrN3O3. The molecule has 1 rings (SSSR count). The van der Waals surface area contributed by atoms with Gasteiger partial charge < -0.3 is 10.1 Å². The highest BCUT2D eigenvalue weighted by molar-refractivity contribution is 9.10. The molecule has 7 heteroatoms. The molecule has 0 heterocycles. The van der Waals surface area contributed by atoms with Gasteiger partial charge in [0.1, 0.15) is 12.4 Å². The van der Waals surface area contributed by atoms with E-state index in [0.29, 0.717) is 19.7 Å². The van der Waals surface area contributed by atoms with Crippen LogP contribution in [0.3, 0.4) is 0 Å². The lowest BCUT2D eigenvalue weighted by molar-refractivity contribution is -0.124. The molecule has 0 aliphatic carbocycles. The van der Waals surface area contributed by atoms with E-state index in [9.17, 15) is 9.59 Å². The van der Waals surface area contributed by atoms with Crippen LogP contribution in [0.1, 0.15) is 13.8 Å². The zero-order chi connectivity index (χ0) is 16.5. The van der Waals surface area contributed by atoms with Gasteiger partial charge >= 0.3 is 6.03 Å². The largest absolute Gasteiger partial charge is 0.492 e. The zero-order valence-electron chi connectivity index (χ0n) is 13.1. The van der Waals surface area contributed by atoms with Crippen LogP contribution in [0.5, 0.6) is 5.75 Å². The second-order valence-corrected chi connectivity index (χ2v) is 5.72. The fourth-order valence-electron chi connectivity index (χ4n) is 1.65. The maximum atomic E-state index is 11.9. The highest BCUT2D eigenvalue weighted by Gasteiger charge is 2.19. The van der Waals surface area contributed by atoms with Gasteiger partial charge in [-0.3, -0.25) is 15.0 Å². The van der Waals surface area contributed by atoms with E-state index in [-0.39, 0.29) is 5.91 Å². The number of rotatable bonds is 7. The Morgan fingerprint density at radius 3 is 2.55 bits per heavy atom. The van der Waals surface area contributed by atoms with Gasteiger partial charge in [0, 0.05) is 17.6 Å². The molecule has 122 valence electrons. The van der Waals surface area contributed by atoms with Crippen LogP contribution in [0, 0.1) is 0 Å². The molecule has 0 spiro atoms. The standard InChI is InChI=1S/C15H22BrN3O3/c1-4-17-15(21)18-14(20)11(2)19(3)9-10-22-13-7-5-12(16)6-8-13/h5-8,11H,4,9-10H2,1-3H3,(H2,17,18,20,21)/t11-/m1/s1. The van der Waals surface area contributed by atoms with Gasteiger partial charge in [0.2, 0.25) is 5.91 Å². The number of carbonyl (C=O) groups is 2. The molecule has 0 bridgehead atoms. The predicted octanol–water partition coefficient (Wildman–Crippen LogP) is 1.99. The molecule has 3 amide bonds. The Balaban J connectivity index is 2.34. The van der Waals surface area contributed by atoms with Crippen LogP contribution in [0.2, 0.25) is 0 Å². The monoisotopic (exact) mass is 371 g/mol. The summed E-state index contributed by atoms with van der Waals surface area (Å²) in [5.41, 5.74) is 0. The maximum Gasteiger partial charge on any atom is 0.321 e. The van der Waals surface area contributed by atoms with Gasteiger partial charge in [-0.1, -0.05) is 15.9 Å². The fraction of sp³-hybridized carbons (Fsp3) is 0.467. The fourth-order valence-corrected chi connectivity index (χ4v) is 1.92. The van der Waals surface area contributed by atoms with E-state index in [4.69, 9.17) is 4.74 Å². The van der Waals surface area contributed by atoms with Crippen molar-refractivity contribution in [3.63, 3.8) is 0 Å². The molecular weight excluding hydrogens is 350 g/mol. The lowest BCUT2D eigenvalue weighted by Crippen LogP contribution is -2.49. The summed E-state index contributed by atoms with van der Waals surface area (Å²) in [6.07, 6.45) is 0. The first-order chi connectivity index (χ1) is 10.4. The number of benzene rings is 1. The molecule has 0 radical (unpaired) electrons. The molecule has 0 saturated heterocycles. The molecule has 0 aliphatic heterocycles. The van der Waals surface area contributed by atoms with Crippen LogP contribution >= 0.6 is 15.9 Å². The van der Waals surface area contributed by atoms with Crippen LogP contribution in [-0.2, 0) is 4.79 Å². The maximum absolute atomic E-state index is 11.9. The number of hydrogen-bond acceptors (Lipinski definition) is 4. The number of ether oxygens (including phenoxy) is 1. The summed E-state index contributed by atoms with van der Waals surface area (Å²) >= 11 is 3.36. The number of imide groups is 1. The van der Waals surface area contributed by atoms with Crippen LogP contribution in [0.15, 0.2) is 28.7 Å². The summed E-state index contributed by atoms with van der Waals surface area (Å²) in [6, 6.07) is 6.66. The van der Waals surface area contributed by atoms with Crippen molar-refractivity contribution in [3.05, 3.63) is 28.7 Å². The van der Waals surface area contributed by atoms with Crippen molar-refractivity contribution in [2.45, 2.75) is 19.9 Å². The first-order valence-corrected chi connectivity index (χ1v) is 7.90. The van der Waals surface area contributed by atoms with Crippen molar-refractivity contribution in [3.8, 4) is 5.75 Å². The molecule has 1 atom stereocenters. The topological polar surface area (TPSA) is 70.7 Å². The van der Waals surface area contributed by atoms with Gasteiger partial charge in [0.25, 0.3) is 0 Å². The Kier molecular flexibility index (Phi) is 7.90. The third-order valence-electron chi connectivity index (χ3n) is 3.14. The van der Waals surface area contributed by atoms with Gasteiger partial charge in [0.15, 0.2) is 0 Å². The molecule has 1 aromatic rings. The number of nitrogens with zero attached hydrogens (tertiary/aromatic N) is 1. The van der Waals surface area contributed by atoms with Gasteiger partial charge in [-0.2, -0.15) is 0 Å². The van der Waals surface area contributed by atoms with Gasteiger partial charge in [0.05, 0.1) is 6.04 Å². The summed E-state index contributed by atoms with van der Waals surface area (Å²) in [7, 11) is 1.81. The summed E-state index contributed by atoms with van der Waals surface area (Å²) < 4.78 is 6.60. The van der Waals surface area contributed by atoms with Crippen LogP contribution < -0.4 is 15.4 Å². The molecule has 0 aliphatic rings. The average Bonchev–Trinajstić information content (AvgIpc) is 2.48. The van der Waals surface area contributed by atoms with E-state index in [1.54, 1.807) is 13.8 Å². The highest BCUT2D eigenvalue weighted by Crippen LogP contribution is 2.15. The first-order valence-electron chi connectivity index (χ1n) is 7.11. The minimum atomic E-state index is -0.473. The lowest BCUT2D eigenvalue weighted by atomic mass is 10.3. The SMILES string of the molecule is CCNC(=O)NC(=O)[C@@H](C)N(C)CCOc1ccc(Br)cc1. The molecule has 0 fully saturated rings. The zero-order valence-corrected chi connectivity index (χ0v) is 14.6. The average molecular weight is 372 g/mol. The Hall–Kier alpha value is -1.60. The minimum Gasteiger partial charge on any atom is -0.492 e. The molecule has 0 aromatic heterocycles. The Morgan fingerprint density at radius 1 is 1.32 bits per heavy atom. The van der Waals surface area contributed by atoms with Gasteiger partial charge in [-0.25, -0.2) is 4.79 Å².